The predicted octanol–water partition coefficient (Wildman–Crippen LogP) is 2.06. The Labute approximate surface area is 165 Å². The number of carbonyl (C=O) groups is 1. The number of halogens is 1. The number of nitrogens with zero attached hydrogens (tertiary/aromatic N) is 4. The molecule has 2 aromatic heterocycles. The van der Waals surface area contributed by atoms with Gasteiger partial charge < -0.3 is 9.47 Å². The van der Waals surface area contributed by atoms with Crippen molar-refractivity contribution in [3.63, 3.8) is 0 Å². The van der Waals surface area contributed by atoms with Crippen molar-refractivity contribution in [3.8, 4) is 11.5 Å². The number of aryl methyl sites for hydroxylation is 1. The van der Waals surface area contributed by atoms with Crippen LogP contribution in [0.5, 0.6) is 11.5 Å². The number of methoxy groups -OCH3 is 1. The average Bonchev–Trinajstić information content (AvgIpc) is 3.06. The maximum Gasteiger partial charge on any atom is 0.266 e. The molecule has 0 unspecified atom stereocenters. The lowest BCUT2D eigenvalue weighted by Crippen LogP contribution is -2.28. The van der Waals surface area contributed by atoms with Crippen molar-refractivity contribution < 1.29 is 18.7 Å². The zero-order valence-corrected chi connectivity index (χ0v) is 15.8. The molecule has 1 aliphatic heterocycles. The number of hydrogen-bond acceptors (Lipinski definition) is 6. The molecule has 1 aliphatic rings. The first kappa shape index (κ1) is 18.6. The number of carbonyl (C=O) groups excluding carboxylic acids is 1. The molecule has 4 rings (SSSR count). The van der Waals surface area contributed by atoms with E-state index in [1.807, 2.05) is 0 Å². The molecule has 1 amide bonds. The monoisotopic (exact) mass is 396 g/mol. The number of amides is 1. The van der Waals surface area contributed by atoms with Crippen molar-refractivity contribution >= 4 is 11.7 Å². The summed E-state index contributed by atoms with van der Waals surface area (Å²) in [5.74, 6) is 0.0204. The Morgan fingerprint density at radius 1 is 1.14 bits per heavy atom. The van der Waals surface area contributed by atoms with Crippen LogP contribution in [0.2, 0.25) is 0 Å². The van der Waals surface area contributed by atoms with E-state index in [1.54, 1.807) is 31.5 Å². The third-order valence-corrected chi connectivity index (χ3v) is 4.58. The Kier molecular flexibility index (Phi) is 4.71. The Bertz CT molecular complexity index is 1140. The molecule has 8 nitrogen and oxygen atoms in total. The first-order valence-corrected chi connectivity index (χ1v) is 8.76. The first-order chi connectivity index (χ1) is 14.0. The highest BCUT2D eigenvalue weighted by Crippen LogP contribution is 2.32. The normalized spacial score (nSPS) is 12.8. The topological polar surface area (TPSA) is 86.5 Å². The van der Waals surface area contributed by atoms with Crippen LogP contribution < -0.4 is 19.9 Å². The standard InChI is InChI=1S/C20H17FN4O4/c1-24-18(26)6-5-17(23-24)25-10-12-7-15(8-16(21)19(12)20(25)27)29-11-13-3-4-14(28-2)9-22-13/h3-9H,10-11H2,1-2H3. The summed E-state index contributed by atoms with van der Waals surface area (Å²) in [5.41, 5.74) is 0.824. The fourth-order valence-corrected chi connectivity index (χ4v) is 3.05. The number of benzene rings is 1. The number of rotatable bonds is 5. The molecule has 3 aromatic rings. The van der Waals surface area contributed by atoms with Crippen molar-refractivity contribution in [3.05, 3.63) is 75.6 Å². The molecule has 0 aliphatic carbocycles. The molecule has 0 spiro atoms. The van der Waals surface area contributed by atoms with E-state index in [0.717, 1.165) is 4.68 Å². The number of fused-ring (bicyclic) bond motifs is 1. The maximum absolute atomic E-state index is 14.6. The average molecular weight is 396 g/mol. The minimum Gasteiger partial charge on any atom is -0.495 e. The number of anilines is 1. The molecular formula is C20H17FN4O4. The minimum absolute atomic E-state index is 0.0180. The summed E-state index contributed by atoms with van der Waals surface area (Å²) in [6, 6.07) is 9.06. The highest BCUT2D eigenvalue weighted by atomic mass is 19.1. The summed E-state index contributed by atoms with van der Waals surface area (Å²) in [6.45, 7) is 0.274. The van der Waals surface area contributed by atoms with Gasteiger partial charge in [0, 0.05) is 19.2 Å². The van der Waals surface area contributed by atoms with Gasteiger partial charge in [-0.1, -0.05) is 0 Å². The molecule has 0 saturated heterocycles. The van der Waals surface area contributed by atoms with Crippen molar-refractivity contribution in [1.29, 1.82) is 0 Å². The van der Waals surface area contributed by atoms with Crippen molar-refractivity contribution in [2.24, 2.45) is 7.05 Å². The van der Waals surface area contributed by atoms with Crippen LogP contribution in [-0.2, 0) is 20.2 Å². The molecular weight excluding hydrogens is 379 g/mol. The number of hydrogen-bond donors (Lipinski definition) is 0. The first-order valence-electron chi connectivity index (χ1n) is 8.76. The van der Waals surface area contributed by atoms with E-state index in [2.05, 4.69) is 10.1 Å². The van der Waals surface area contributed by atoms with Crippen LogP contribution in [-0.4, -0.2) is 27.8 Å². The van der Waals surface area contributed by atoms with Gasteiger partial charge in [-0.3, -0.25) is 19.5 Å². The largest absolute Gasteiger partial charge is 0.495 e. The highest BCUT2D eigenvalue weighted by Gasteiger charge is 2.33. The lowest BCUT2D eigenvalue weighted by Gasteiger charge is -2.14. The van der Waals surface area contributed by atoms with Gasteiger partial charge in [0.25, 0.3) is 11.5 Å². The second-order valence-electron chi connectivity index (χ2n) is 6.46. The van der Waals surface area contributed by atoms with Gasteiger partial charge in [0.05, 0.1) is 31.1 Å². The molecule has 0 fully saturated rings. The molecule has 0 bridgehead atoms. The van der Waals surface area contributed by atoms with Gasteiger partial charge in [-0.2, -0.15) is 5.10 Å². The summed E-state index contributed by atoms with van der Waals surface area (Å²) in [7, 11) is 3.04. The fourth-order valence-electron chi connectivity index (χ4n) is 3.05. The van der Waals surface area contributed by atoms with E-state index < -0.39 is 11.7 Å². The van der Waals surface area contributed by atoms with Gasteiger partial charge in [-0.25, -0.2) is 9.07 Å². The van der Waals surface area contributed by atoms with Gasteiger partial charge in [-0.15, -0.1) is 0 Å². The van der Waals surface area contributed by atoms with E-state index in [4.69, 9.17) is 9.47 Å². The molecule has 1 aromatic carbocycles. The smallest absolute Gasteiger partial charge is 0.266 e. The van der Waals surface area contributed by atoms with E-state index in [0.29, 0.717) is 22.8 Å². The van der Waals surface area contributed by atoms with Gasteiger partial charge in [0.15, 0.2) is 5.82 Å². The van der Waals surface area contributed by atoms with Gasteiger partial charge in [0.2, 0.25) is 0 Å². The predicted molar refractivity (Wildman–Crippen MR) is 102 cm³/mol. The second-order valence-corrected chi connectivity index (χ2v) is 6.46. The zero-order chi connectivity index (χ0) is 20.5. The van der Waals surface area contributed by atoms with Crippen LogP contribution in [0.15, 0.2) is 47.4 Å². The van der Waals surface area contributed by atoms with Crippen LogP contribution >= 0.6 is 0 Å². The molecule has 29 heavy (non-hydrogen) atoms. The third-order valence-electron chi connectivity index (χ3n) is 4.58. The van der Waals surface area contributed by atoms with Gasteiger partial charge >= 0.3 is 0 Å². The van der Waals surface area contributed by atoms with Crippen molar-refractivity contribution in [2.45, 2.75) is 13.2 Å². The summed E-state index contributed by atoms with van der Waals surface area (Å²) < 4.78 is 26.5. The molecule has 148 valence electrons. The molecule has 0 saturated carbocycles. The lowest BCUT2D eigenvalue weighted by atomic mass is 10.1. The summed E-state index contributed by atoms with van der Waals surface area (Å²) in [4.78, 5) is 29.7. The molecule has 0 atom stereocenters. The van der Waals surface area contributed by atoms with Crippen LogP contribution in [0.4, 0.5) is 10.2 Å². The zero-order valence-electron chi connectivity index (χ0n) is 15.8. The van der Waals surface area contributed by atoms with Crippen LogP contribution in [0.3, 0.4) is 0 Å². The Balaban J connectivity index is 1.55. The molecule has 0 N–H and O–H groups in total. The summed E-state index contributed by atoms with van der Waals surface area (Å²) >= 11 is 0. The fraction of sp³-hybridized carbons (Fsp3) is 0.200. The number of ether oxygens (including phenoxy) is 2. The van der Waals surface area contributed by atoms with E-state index in [1.165, 1.54) is 30.1 Å². The van der Waals surface area contributed by atoms with E-state index in [-0.39, 0.29) is 30.1 Å². The number of aromatic nitrogens is 3. The van der Waals surface area contributed by atoms with Crippen molar-refractivity contribution in [2.75, 3.05) is 12.0 Å². The molecule has 9 heteroatoms. The molecule has 0 radical (unpaired) electrons. The Morgan fingerprint density at radius 2 is 1.97 bits per heavy atom. The van der Waals surface area contributed by atoms with Gasteiger partial charge in [0.1, 0.15) is 23.9 Å². The molecule has 3 heterocycles. The van der Waals surface area contributed by atoms with E-state index >= 15 is 0 Å². The van der Waals surface area contributed by atoms with Crippen LogP contribution in [0, 0.1) is 5.82 Å². The third kappa shape index (κ3) is 3.54. The number of pyridine rings is 1. The van der Waals surface area contributed by atoms with Gasteiger partial charge in [-0.05, 0) is 29.8 Å². The second kappa shape index (κ2) is 7.34. The maximum atomic E-state index is 14.6. The van der Waals surface area contributed by atoms with Crippen molar-refractivity contribution in [1.82, 2.24) is 14.8 Å². The van der Waals surface area contributed by atoms with Crippen LogP contribution in [0.25, 0.3) is 0 Å². The van der Waals surface area contributed by atoms with E-state index in [9.17, 15) is 14.0 Å². The highest BCUT2D eigenvalue weighted by molar-refractivity contribution is 6.09. The minimum atomic E-state index is -0.669. The summed E-state index contributed by atoms with van der Waals surface area (Å²) in [5, 5.41) is 4.07. The summed E-state index contributed by atoms with van der Waals surface area (Å²) in [6.07, 6.45) is 1.57. The Hall–Kier alpha value is -3.75. The lowest BCUT2D eigenvalue weighted by molar-refractivity contribution is 0.0992. The quantitative estimate of drug-likeness (QED) is 0.656. The SMILES string of the molecule is COc1ccc(COc2cc(F)c3c(c2)CN(c2ccc(=O)n(C)n2)C3=O)nc1. The van der Waals surface area contributed by atoms with Crippen LogP contribution in [0.1, 0.15) is 21.6 Å². The Morgan fingerprint density at radius 3 is 2.66 bits per heavy atom.